The van der Waals surface area contributed by atoms with Gasteiger partial charge in [-0.3, -0.25) is 9.78 Å². The predicted octanol–water partition coefficient (Wildman–Crippen LogP) is 1.87. The van der Waals surface area contributed by atoms with E-state index in [0.717, 1.165) is 0 Å². The highest BCUT2D eigenvalue weighted by Gasteiger charge is 2.18. The number of rotatable bonds is 4. The van der Waals surface area contributed by atoms with E-state index in [1.165, 1.54) is 6.07 Å². The zero-order valence-corrected chi connectivity index (χ0v) is 9.67. The van der Waals surface area contributed by atoms with E-state index < -0.39 is 24.5 Å². The number of alkyl halides is 2. The van der Waals surface area contributed by atoms with Gasteiger partial charge in [-0.05, 0) is 6.07 Å². The molecule has 0 unspecified atom stereocenters. The van der Waals surface area contributed by atoms with Crippen molar-refractivity contribution in [2.24, 2.45) is 5.73 Å². The molecule has 1 heterocycles. The van der Waals surface area contributed by atoms with Gasteiger partial charge in [0.2, 0.25) is 0 Å². The molecule has 0 aromatic carbocycles. The fourth-order valence-corrected chi connectivity index (χ4v) is 1.87. The van der Waals surface area contributed by atoms with Crippen molar-refractivity contribution in [3.8, 4) is 0 Å². The molecule has 0 saturated carbocycles. The van der Waals surface area contributed by atoms with E-state index >= 15 is 0 Å². The number of aromatic nitrogens is 1. The van der Waals surface area contributed by atoms with Crippen LogP contribution in [-0.2, 0) is 17.8 Å². The van der Waals surface area contributed by atoms with Gasteiger partial charge in [0.05, 0.1) is 12.1 Å². The van der Waals surface area contributed by atoms with Crippen LogP contribution in [-0.4, -0.2) is 16.1 Å². The first-order chi connectivity index (χ1) is 7.45. The van der Waals surface area contributed by atoms with Crippen molar-refractivity contribution < 1.29 is 18.7 Å². The van der Waals surface area contributed by atoms with Gasteiger partial charge in [-0.25, -0.2) is 8.78 Å². The summed E-state index contributed by atoms with van der Waals surface area (Å²) in [5.74, 6) is -1.12. The summed E-state index contributed by atoms with van der Waals surface area (Å²) in [6.45, 7) is -0.0827. The van der Waals surface area contributed by atoms with Crippen molar-refractivity contribution in [3.05, 3.63) is 27.5 Å². The third-order valence-electron chi connectivity index (χ3n) is 1.90. The van der Waals surface area contributed by atoms with E-state index in [-0.39, 0.29) is 17.8 Å². The molecular weight excluding hydrogens is 286 g/mol. The van der Waals surface area contributed by atoms with Gasteiger partial charge >= 0.3 is 5.97 Å². The number of hydrogen-bond donors (Lipinski definition) is 2. The first kappa shape index (κ1) is 13.0. The molecule has 0 aliphatic heterocycles. The van der Waals surface area contributed by atoms with Crippen molar-refractivity contribution in [1.82, 2.24) is 4.98 Å². The summed E-state index contributed by atoms with van der Waals surface area (Å²) in [6, 6.07) is 1.39. The summed E-state index contributed by atoms with van der Waals surface area (Å²) in [4.78, 5) is 14.1. The summed E-state index contributed by atoms with van der Waals surface area (Å²) in [6.07, 6.45) is -3.17. The van der Waals surface area contributed by atoms with Gasteiger partial charge in [-0.2, -0.15) is 0 Å². The highest BCUT2D eigenvalue weighted by atomic mass is 79.9. The Kier molecular flexibility index (Phi) is 4.31. The summed E-state index contributed by atoms with van der Waals surface area (Å²) < 4.78 is 25.6. The maximum Gasteiger partial charge on any atom is 0.309 e. The zero-order chi connectivity index (χ0) is 12.3. The number of halogens is 3. The van der Waals surface area contributed by atoms with Gasteiger partial charge in [-0.1, -0.05) is 15.9 Å². The van der Waals surface area contributed by atoms with Crippen LogP contribution in [0.5, 0.6) is 0 Å². The average Bonchev–Trinajstić information content (AvgIpc) is 2.15. The van der Waals surface area contributed by atoms with Crippen molar-refractivity contribution >= 4 is 21.9 Å². The van der Waals surface area contributed by atoms with Gasteiger partial charge < -0.3 is 10.8 Å². The van der Waals surface area contributed by atoms with Crippen LogP contribution in [0.1, 0.15) is 23.4 Å². The number of aliphatic carboxylic acids is 1. The molecule has 0 radical (unpaired) electrons. The summed E-state index contributed by atoms with van der Waals surface area (Å²) >= 11 is 3.07. The molecule has 4 nitrogen and oxygen atoms in total. The second kappa shape index (κ2) is 5.31. The minimum absolute atomic E-state index is 0.0758. The molecule has 0 atom stereocenters. The van der Waals surface area contributed by atoms with Crippen LogP contribution in [0.4, 0.5) is 8.78 Å². The molecule has 0 aliphatic rings. The number of hydrogen-bond acceptors (Lipinski definition) is 3. The Bertz CT molecular complexity index is 413. The monoisotopic (exact) mass is 294 g/mol. The molecule has 1 aromatic rings. The molecule has 0 amide bonds. The van der Waals surface area contributed by atoms with E-state index in [9.17, 15) is 13.6 Å². The molecule has 0 spiro atoms. The molecule has 0 saturated heterocycles. The third-order valence-corrected chi connectivity index (χ3v) is 2.61. The Labute approximate surface area is 98.6 Å². The Morgan fingerprint density at radius 1 is 1.62 bits per heavy atom. The van der Waals surface area contributed by atoms with Crippen LogP contribution in [0.2, 0.25) is 0 Å². The first-order valence-corrected chi connectivity index (χ1v) is 5.13. The highest BCUT2D eigenvalue weighted by Crippen LogP contribution is 2.27. The minimum atomic E-state index is -2.77. The zero-order valence-electron chi connectivity index (χ0n) is 8.08. The lowest BCUT2D eigenvalue weighted by atomic mass is 10.1. The van der Waals surface area contributed by atoms with Crippen molar-refractivity contribution in [2.75, 3.05) is 0 Å². The van der Waals surface area contributed by atoms with E-state index in [1.807, 2.05) is 0 Å². The molecule has 0 bridgehead atoms. The Morgan fingerprint density at radius 2 is 2.25 bits per heavy atom. The fraction of sp³-hybridized carbons (Fsp3) is 0.333. The van der Waals surface area contributed by atoms with Crippen LogP contribution < -0.4 is 5.73 Å². The summed E-state index contributed by atoms with van der Waals surface area (Å²) in [5.41, 5.74) is 5.13. The van der Waals surface area contributed by atoms with E-state index in [4.69, 9.17) is 10.8 Å². The van der Waals surface area contributed by atoms with E-state index in [2.05, 4.69) is 20.9 Å². The van der Waals surface area contributed by atoms with E-state index in [1.54, 1.807) is 0 Å². The topological polar surface area (TPSA) is 76.2 Å². The van der Waals surface area contributed by atoms with Crippen LogP contribution in [0, 0.1) is 0 Å². The molecule has 1 aromatic heterocycles. The second-order valence-corrected chi connectivity index (χ2v) is 3.89. The van der Waals surface area contributed by atoms with Gasteiger partial charge in [0.1, 0.15) is 5.69 Å². The third kappa shape index (κ3) is 2.96. The second-order valence-electron chi connectivity index (χ2n) is 3.03. The number of carbonyl (C=O) groups is 1. The van der Waals surface area contributed by atoms with Crippen molar-refractivity contribution in [2.45, 2.75) is 19.4 Å². The Hall–Kier alpha value is -1.08. The lowest BCUT2D eigenvalue weighted by Crippen LogP contribution is -2.10. The van der Waals surface area contributed by atoms with Gasteiger partial charge in [-0.15, -0.1) is 0 Å². The van der Waals surface area contributed by atoms with Crippen molar-refractivity contribution in [3.63, 3.8) is 0 Å². The molecule has 1 rings (SSSR count). The smallest absolute Gasteiger partial charge is 0.309 e. The van der Waals surface area contributed by atoms with Gasteiger partial charge in [0, 0.05) is 16.6 Å². The molecule has 88 valence electrons. The average molecular weight is 295 g/mol. The van der Waals surface area contributed by atoms with Crippen LogP contribution in [0.3, 0.4) is 0 Å². The lowest BCUT2D eigenvalue weighted by Gasteiger charge is -2.10. The summed E-state index contributed by atoms with van der Waals surface area (Å²) in [7, 11) is 0. The largest absolute Gasteiger partial charge is 0.481 e. The summed E-state index contributed by atoms with van der Waals surface area (Å²) in [5, 5.41) is 8.55. The first-order valence-electron chi connectivity index (χ1n) is 4.34. The molecule has 0 aliphatic carbocycles. The number of nitrogens with two attached hydrogens (primary N) is 1. The Balaban J connectivity index is 3.22. The molecule has 3 N–H and O–H groups in total. The quantitative estimate of drug-likeness (QED) is 0.889. The maximum absolute atomic E-state index is 12.6. The predicted molar refractivity (Wildman–Crippen MR) is 56.1 cm³/mol. The number of pyridine rings is 1. The lowest BCUT2D eigenvalue weighted by molar-refractivity contribution is -0.136. The van der Waals surface area contributed by atoms with E-state index in [0.29, 0.717) is 4.47 Å². The molecule has 16 heavy (non-hydrogen) atoms. The van der Waals surface area contributed by atoms with Crippen LogP contribution >= 0.6 is 15.9 Å². The molecule has 0 fully saturated rings. The Morgan fingerprint density at radius 3 is 2.69 bits per heavy atom. The van der Waals surface area contributed by atoms with Gasteiger partial charge in [0.25, 0.3) is 6.43 Å². The molecular formula is C9H9BrF2N2O2. The highest BCUT2D eigenvalue weighted by molar-refractivity contribution is 9.10. The SMILES string of the molecule is NCc1c(Br)cc(CC(=O)O)nc1C(F)F. The number of nitrogens with zero attached hydrogens (tertiary/aromatic N) is 1. The number of carboxylic acid groups (broad SMARTS) is 1. The normalized spacial score (nSPS) is 10.8. The van der Waals surface area contributed by atoms with Crippen molar-refractivity contribution in [1.29, 1.82) is 0 Å². The maximum atomic E-state index is 12.6. The minimum Gasteiger partial charge on any atom is -0.481 e. The van der Waals surface area contributed by atoms with Crippen LogP contribution in [0.15, 0.2) is 10.5 Å². The molecule has 7 heteroatoms. The standard InChI is InChI=1S/C9H9BrF2N2O2/c10-6-1-4(2-7(15)16)14-8(9(11)12)5(6)3-13/h1,9H,2-3,13H2,(H,15,16). The van der Waals surface area contributed by atoms with Gasteiger partial charge in [0.15, 0.2) is 0 Å². The van der Waals surface area contributed by atoms with Crippen LogP contribution in [0.25, 0.3) is 0 Å². The number of carboxylic acids is 1. The fourth-order valence-electron chi connectivity index (χ4n) is 1.24.